The van der Waals surface area contributed by atoms with E-state index in [9.17, 15) is 0 Å². The van der Waals surface area contributed by atoms with Gasteiger partial charge in [0.1, 0.15) is 0 Å². The first-order valence-corrected chi connectivity index (χ1v) is 16.8. The van der Waals surface area contributed by atoms with Gasteiger partial charge in [-0.05, 0) is 81.9 Å². The summed E-state index contributed by atoms with van der Waals surface area (Å²) in [6.45, 7) is 0. The van der Waals surface area contributed by atoms with Crippen molar-refractivity contribution in [1.82, 2.24) is 9.13 Å². The van der Waals surface area contributed by atoms with Crippen molar-refractivity contribution in [1.29, 1.82) is 0 Å². The molecular formula is C48H32N2. The summed E-state index contributed by atoms with van der Waals surface area (Å²) in [5, 5.41) is 4.80. The summed E-state index contributed by atoms with van der Waals surface area (Å²) in [5.41, 5.74) is 11.8. The monoisotopic (exact) mass is 641 g/mol. The Labute approximate surface area is 297 Å². The number of benzene rings is 8. The molecule has 0 aliphatic rings. The van der Waals surface area contributed by atoms with Crippen LogP contribution in [0.3, 0.4) is 0 Å². The van der Waals surface area contributed by atoms with Crippen LogP contribution in [-0.4, -0.2) is 9.13 Å². The highest BCUT2D eigenvalue weighted by Crippen LogP contribution is 2.42. The number of fused-ring (bicyclic) bond motifs is 7. The van der Waals surface area contributed by atoms with Gasteiger partial charge in [-0.3, -0.25) is 0 Å². The van der Waals surface area contributed by atoms with Gasteiger partial charge in [-0.25, -0.2) is 0 Å². The molecule has 2 heterocycles. The third kappa shape index (κ3) is 4.50. The lowest BCUT2D eigenvalue weighted by molar-refractivity contribution is 1.17. The molecule has 234 valence electrons. The summed E-state index contributed by atoms with van der Waals surface area (Å²) in [5.74, 6) is 0. The van der Waals surface area contributed by atoms with E-state index in [0.29, 0.717) is 5.56 Å². The quantitative estimate of drug-likeness (QED) is 0.177. The Hall–Kier alpha value is -6.64. The lowest BCUT2D eigenvalue weighted by Crippen LogP contribution is -1.95. The number of hydrogen-bond donors (Lipinski definition) is 0. The topological polar surface area (TPSA) is 9.86 Å². The average molecular weight is 642 g/mol. The van der Waals surface area contributed by atoms with Crippen LogP contribution in [0.1, 0.15) is 6.85 Å². The van der Waals surface area contributed by atoms with Gasteiger partial charge in [-0.2, -0.15) is 0 Å². The Morgan fingerprint density at radius 1 is 0.320 bits per heavy atom. The Morgan fingerprint density at radius 3 is 1.44 bits per heavy atom. The molecule has 50 heavy (non-hydrogen) atoms. The van der Waals surface area contributed by atoms with Crippen LogP contribution in [0.5, 0.6) is 0 Å². The van der Waals surface area contributed by atoms with Gasteiger partial charge < -0.3 is 9.13 Å². The van der Waals surface area contributed by atoms with E-state index in [4.69, 9.17) is 6.85 Å². The van der Waals surface area contributed by atoms with Gasteiger partial charge in [0.05, 0.1) is 28.9 Å². The van der Waals surface area contributed by atoms with Crippen molar-refractivity contribution in [2.24, 2.45) is 0 Å². The molecule has 2 heteroatoms. The summed E-state index contributed by atoms with van der Waals surface area (Å²) < 4.78 is 45.8. The number of rotatable bonds is 5. The van der Waals surface area contributed by atoms with Crippen LogP contribution in [0.15, 0.2) is 194 Å². The largest absolute Gasteiger partial charge is 0.309 e. The van der Waals surface area contributed by atoms with E-state index in [-0.39, 0.29) is 29.7 Å². The van der Waals surface area contributed by atoms with Crippen molar-refractivity contribution in [2.75, 3.05) is 0 Å². The van der Waals surface area contributed by atoms with Gasteiger partial charge >= 0.3 is 0 Å². The van der Waals surface area contributed by atoms with E-state index in [0.717, 1.165) is 44.6 Å². The second-order valence-corrected chi connectivity index (χ2v) is 12.6. The molecule has 10 aromatic rings. The summed E-state index contributed by atoms with van der Waals surface area (Å²) in [6.07, 6.45) is 0. The molecule has 0 fully saturated rings. The van der Waals surface area contributed by atoms with Crippen molar-refractivity contribution in [3.8, 4) is 44.8 Å². The van der Waals surface area contributed by atoms with Crippen molar-refractivity contribution < 1.29 is 6.85 Å². The van der Waals surface area contributed by atoms with Crippen molar-refractivity contribution in [2.45, 2.75) is 0 Å². The van der Waals surface area contributed by atoms with Crippen LogP contribution in [0.25, 0.3) is 88.4 Å². The van der Waals surface area contributed by atoms with Gasteiger partial charge in [0.15, 0.2) is 0 Å². The van der Waals surface area contributed by atoms with Gasteiger partial charge in [0.2, 0.25) is 0 Å². The van der Waals surface area contributed by atoms with Crippen molar-refractivity contribution in [3.05, 3.63) is 194 Å². The summed E-state index contributed by atoms with van der Waals surface area (Å²) in [7, 11) is 0. The fourth-order valence-corrected chi connectivity index (χ4v) is 7.56. The minimum Gasteiger partial charge on any atom is -0.309 e. The zero-order valence-electron chi connectivity index (χ0n) is 32.0. The van der Waals surface area contributed by atoms with Gasteiger partial charge in [0.25, 0.3) is 0 Å². The molecule has 0 spiro atoms. The lowest BCUT2D eigenvalue weighted by atomic mass is 10.00. The molecule has 0 saturated heterocycles. The van der Waals surface area contributed by atoms with E-state index in [1.165, 1.54) is 32.7 Å². The highest BCUT2D eigenvalue weighted by Gasteiger charge is 2.20. The van der Waals surface area contributed by atoms with Crippen LogP contribution < -0.4 is 0 Å². The van der Waals surface area contributed by atoms with E-state index in [1.54, 1.807) is 0 Å². The second-order valence-electron chi connectivity index (χ2n) is 12.6. The molecule has 2 nitrogen and oxygen atoms in total. The van der Waals surface area contributed by atoms with Gasteiger partial charge in [0, 0.05) is 32.9 Å². The van der Waals surface area contributed by atoms with E-state index >= 15 is 0 Å². The number of aromatic nitrogens is 2. The average Bonchev–Trinajstić information content (AvgIpc) is 3.76. The molecular weight excluding hydrogens is 605 g/mol. The predicted molar refractivity (Wildman–Crippen MR) is 211 cm³/mol. The first-order chi connectivity index (χ1) is 26.9. The predicted octanol–water partition coefficient (Wildman–Crippen LogP) is 12.9. The number of nitrogens with zero attached hydrogens (tertiary/aromatic N) is 2. The lowest BCUT2D eigenvalue weighted by Gasteiger charge is -2.12. The van der Waals surface area contributed by atoms with E-state index in [2.05, 4.69) is 143 Å². The van der Waals surface area contributed by atoms with Crippen LogP contribution in [-0.2, 0) is 0 Å². The fraction of sp³-hybridized carbons (Fsp3) is 0. The summed E-state index contributed by atoms with van der Waals surface area (Å²) in [4.78, 5) is 0. The third-order valence-electron chi connectivity index (χ3n) is 9.82. The maximum Gasteiger partial charge on any atom is 0.0629 e. The molecule has 8 aromatic carbocycles. The molecule has 0 atom stereocenters. The van der Waals surface area contributed by atoms with Gasteiger partial charge in [-0.15, -0.1) is 0 Å². The van der Waals surface area contributed by atoms with Crippen LogP contribution in [0, 0.1) is 0 Å². The first-order valence-electron chi connectivity index (χ1n) is 19.3. The molecule has 0 amide bonds. The van der Waals surface area contributed by atoms with E-state index in [1.807, 2.05) is 30.3 Å². The van der Waals surface area contributed by atoms with Crippen molar-refractivity contribution >= 4 is 43.6 Å². The molecule has 0 bridgehead atoms. The molecule has 0 N–H and O–H groups in total. The fourth-order valence-electron chi connectivity index (χ4n) is 7.56. The SMILES string of the molecule is [2H]c1c([2H])c([2H])c(-c2ccc(-c3cccc(-n4c5ccccc5c5c6c7ccccc7n(-c7ccc(-c8ccccc8)cc7)c6ccc54)c3)cc2)c([2H])c1[2H]. The number of hydrogen-bond acceptors (Lipinski definition) is 0. The zero-order valence-corrected chi connectivity index (χ0v) is 27.0. The highest BCUT2D eigenvalue weighted by atomic mass is 15.0. The van der Waals surface area contributed by atoms with Gasteiger partial charge in [-0.1, -0.05) is 145 Å². The highest BCUT2D eigenvalue weighted by molar-refractivity contribution is 6.28. The Kier molecular flexibility index (Phi) is 5.44. The van der Waals surface area contributed by atoms with Crippen molar-refractivity contribution in [3.63, 3.8) is 0 Å². The van der Waals surface area contributed by atoms with E-state index < -0.39 is 6.04 Å². The Balaban J connectivity index is 1.12. The zero-order chi connectivity index (χ0) is 37.4. The molecule has 10 rings (SSSR count). The minimum absolute atomic E-state index is 0.202. The summed E-state index contributed by atoms with van der Waals surface area (Å²) in [6, 6.07) is 55.6. The van der Waals surface area contributed by atoms with Crippen LogP contribution in [0.4, 0.5) is 0 Å². The molecule has 2 aromatic heterocycles. The maximum absolute atomic E-state index is 8.43. The Morgan fingerprint density at radius 2 is 0.800 bits per heavy atom. The molecule has 0 unspecified atom stereocenters. The molecule has 0 saturated carbocycles. The molecule has 0 aliphatic carbocycles. The standard InChI is InChI=1S/C48H32N2/c1-3-12-33(13-4-1)35-22-24-37(25-23-35)38-16-11-17-40(32-38)50-44-21-10-8-19-42(44)48-46(50)31-30-45-47(48)41-18-7-9-20-43(41)49(45)39-28-26-36(27-29-39)34-14-5-2-6-15-34/h1-32H/i1D,3D,4D,12D,13D. The molecule has 0 radical (unpaired) electrons. The maximum atomic E-state index is 8.43. The molecule has 0 aliphatic heterocycles. The first kappa shape index (κ1) is 23.6. The number of para-hydroxylation sites is 2. The van der Waals surface area contributed by atoms with Crippen LogP contribution in [0.2, 0.25) is 0 Å². The Bertz CT molecular complexity index is 3100. The normalized spacial score (nSPS) is 13.0. The smallest absolute Gasteiger partial charge is 0.0629 e. The minimum atomic E-state index is -0.391. The third-order valence-corrected chi connectivity index (χ3v) is 9.82. The van der Waals surface area contributed by atoms with Crippen LogP contribution >= 0.6 is 0 Å². The second kappa shape index (κ2) is 11.5. The summed E-state index contributed by atoms with van der Waals surface area (Å²) >= 11 is 0.